The smallest absolute Gasteiger partial charge is 0.253 e. The minimum atomic E-state index is 0.0566. The van der Waals surface area contributed by atoms with E-state index in [1.165, 1.54) is 12.8 Å². The average molecular weight is 365 g/mol. The molecule has 2 atom stereocenters. The van der Waals surface area contributed by atoms with Gasteiger partial charge in [-0.3, -0.25) is 4.79 Å². The van der Waals surface area contributed by atoms with Gasteiger partial charge in [0.05, 0.1) is 6.61 Å². The van der Waals surface area contributed by atoms with Gasteiger partial charge in [-0.2, -0.15) is 0 Å². The SMILES string of the molecule is O=C(c1ccc(SCCO)cc1)N1C[C@@H](CN2CCCC2)[C@@H](CO)C1. The van der Waals surface area contributed by atoms with Crippen LogP contribution in [0.3, 0.4) is 0 Å². The second-order valence-electron chi connectivity index (χ2n) is 7.02. The van der Waals surface area contributed by atoms with Crippen molar-refractivity contribution in [2.45, 2.75) is 17.7 Å². The Balaban J connectivity index is 1.59. The second-order valence-corrected chi connectivity index (χ2v) is 8.19. The van der Waals surface area contributed by atoms with Crippen LogP contribution in [0.2, 0.25) is 0 Å². The van der Waals surface area contributed by atoms with Gasteiger partial charge < -0.3 is 20.0 Å². The summed E-state index contributed by atoms with van der Waals surface area (Å²) < 4.78 is 0. The molecule has 2 saturated heterocycles. The number of rotatable bonds is 7. The molecule has 0 spiro atoms. The van der Waals surface area contributed by atoms with E-state index < -0.39 is 0 Å². The summed E-state index contributed by atoms with van der Waals surface area (Å²) in [6.45, 7) is 4.98. The lowest BCUT2D eigenvalue weighted by Crippen LogP contribution is -2.32. The number of benzene rings is 1. The quantitative estimate of drug-likeness (QED) is 0.719. The van der Waals surface area contributed by atoms with Crippen molar-refractivity contribution in [3.05, 3.63) is 29.8 Å². The zero-order valence-corrected chi connectivity index (χ0v) is 15.5. The summed E-state index contributed by atoms with van der Waals surface area (Å²) in [5, 5.41) is 18.6. The van der Waals surface area contributed by atoms with Gasteiger partial charge in [0.1, 0.15) is 0 Å². The first kappa shape index (κ1) is 18.7. The van der Waals surface area contributed by atoms with Crippen LogP contribution in [-0.4, -0.2) is 77.6 Å². The van der Waals surface area contributed by atoms with Crippen LogP contribution in [0.1, 0.15) is 23.2 Å². The van der Waals surface area contributed by atoms with E-state index in [-0.39, 0.29) is 25.0 Å². The van der Waals surface area contributed by atoms with E-state index in [1.807, 2.05) is 29.2 Å². The molecule has 0 radical (unpaired) electrons. The van der Waals surface area contributed by atoms with Gasteiger partial charge in [-0.1, -0.05) is 0 Å². The molecule has 0 unspecified atom stereocenters. The Morgan fingerprint density at radius 2 is 1.76 bits per heavy atom. The van der Waals surface area contributed by atoms with Crippen LogP contribution in [0.15, 0.2) is 29.2 Å². The third-order valence-corrected chi connectivity index (χ3v) is 6.24. The van der Waals surface area contributed by atoms with Gasteiger partial charge in [0, 0.05) is 48.4 Å². The van der Waals surface area contributed by atoms with E-state index in [4.69, 9.17) is 5.11 Å². The van der Waals surface area contributed by atoms with Crippen LogP contribution < -0.4 is 0 Å². The van der Waals surface area contributed by atoms with Crippen molar-refractivity contribution in [2.24, 2.45) is 11.8 Å². The lowest BCUT2D eigenvalue weighted by Gasteiger charge is -2.22. The maximum absolute atomic E-state index is 12.8. The van der Waals surface area contributed by atoms with E-state index in [1.54, 1.807) is 11.8 Å². The molecule has 1 aromatic carbocycles. The van der Waals surface area contributed by atoms with Crippen molar-refractivity contribution in [3.63, 3.8) is 0 Å². The van der Waals surface area contributed by atoms with Gasteiger partial charge >= 0.3 is 0 Å². The highest BCUT2D eigenvalue weighted by atomic mass is 32.2. The number of carbonyl (C=O) groups excluding carboxylic acids is 1. The summed E-state index contributed by atoms with van der Waals surface area (Å²) >= 11 is 1.58. The second kappa shape index (κ2) is 9.03. The van der Waals surface area contributed by atoms with E-state index in [9.17, 15) is 9.90 Å². The maximum Gasteiger partial charge on any atom is 0.253 e. The van der Waals surface area contributed by atoms with Gasteiger partial charge in [-0.05, 0) is 56.1 Å². The lowest BCUT2D eigenvalue weighted by molar-refractivity contribution is 0.0779. The molecule has 2 fully saturated rings. The molecule has 1 amide bonds. The molecule has 2 heterocycles. The zero-order valence-electron chi connectivity index (χ0n) is 14.6. The highest BCUT2D eigenvalue weighted by molar-refractivity contribution is 7.99. The fraction of sp³-hybridized carbons (Fsp3) is 0.632. The van der Waals surface area contributed by atoms with Gasteiger partial charge in [0.25, 0.3) is 5.91 Å². The zero-order chi connectivity index (χ0) is 17.6. The molecule has 5 nitrogen and oxygen atoms in total. The molecule has 0 aliphatic carbocycles. The van der Waals surface area contributed by atoms with Gasteiger partial charge in [-0.25, -0.2) is 0 Å². The normalized spacial score (nSPS) is 24.2. The Morgan fingerprint density at radius 1 is 1.08 bits per heavy atom. The fourth-order valence-electron chi connectivity index (χ4n) is 3.85. The summed E-state index contributed by atoms with van der Waals surface area (Å²) in [5.41, 5.74) is 0.701. The monoisotopic (exact) mass is 364 g/mol. The molecule has 2 N–H and O–H groups in total. The van der Waals surface area contributed by atoms with Crippen molar-refractivity contribution >= 4 is 17.7 Å². The van der Waals surface area contributed by atoms with Crippen molar-refractivity contribution in [1.29, 1.82) is 0 Å². The van der Waals surface area contributed by atoms with Crippen LogP contribution in [0.4, 0.5) is 0 Å². The summed E-state index contributed by atoms with van der Waals surface area (Å²) in [5.74, 6) is 1.27. The summed E-state index contributed by atoms with van der Waals surface area (Å²) in [4.78, 5) is 18.2. The summed E-state index contributed by atoms with van der Waals surface area (Å²) in [7, 11) is 0. The third-order valence-electron chi connectivity index (χ3n) is 5.25. The standard InChI is InChI=1S/C19H28N2O3S/c22-9-10-25-18-5-3-15(4-6-18)19(24)21-12-16(17(13-21)14-23)11-20-7-1-2-8-20/h3-6,16-17,22-23H,1-2,7-14H2/t16-,17-/m1/s1. The molecule has 0 bridgehead atoms. The minimum Gasteiger partial charge on any atom is -0.396 e. The van der Waals surface area contributed by atoms with E-state index in [0.717, 1.165) is 31.1 Å². The molecule has 6 heteroatoms. The molecule has 1 aromatic rings. The molecule has 3 rings (SSSR count). The largest absolute Gasteiger partial charge is 0.396 e. The number of hydrogen-bond acceptors (Lipinski definition) is 5. The highest BCUT2D eigenvalue weighted by Gasteiger charge is 2.36. The Morgan fingerprint density at radius 3 is 2.40 bits per heavy atom. The fourth-order valence-corrected chi connectivity index (χ4v) is 4.51. The molecular formula is C19H28N2O3S. The van der Waals surface area contributed by atoms with Crippen molar-refractivity contribution < 1.29 is 15.0 Å². The molecule has 138 valence electrons. The molecule has 25 heavy (non-hydrogen) atoms. The number of amides is 1. The number of carbonyl (C=O) groups is 1. The predicted octanol–water partition coefficient (Wildman–Crippen LogP) is 1.55. The van der Waals surface area contributed by atoms with Gasteiger partial charge in [0.15, 0.2) is 0 Å². The third kappa shape index (κ3) is 4.76. The maximum atomic E-state index is 12.8. The van der Waals surface area contributed by atoms with Crippen LogP contribution in [0.5, 0.6) is 0 Å². The van der Waals surface area contributed by atoms with E-state index in [2.05, 4.69) is 4.90 Å². The Bertz CT molecular complexity index is 560. The number of thioether (sulfide) groups is 1. The van der Waals surface area contributed by atoms with Crippen molar-refractivity contribution in [2.75, 3.05) is 51.7 Å². The number of aliphatic hydroxyl groups excluding tert-OH is 2. The van der Waals surface area contributed by atoms with Crippen LogP contribution in [0.25, 0.3) is 0 Å². The van der Waals surface area contributed by atoms with E-state index in [0.29, 0.717) is 23.8 Å². The van der Waals surface area contributed by atoms with Gasteiger partial charge in [0.2, 0.25) is 0 Å². The Hall–Kier alpha value is -1.08. The van der Waals surface area contributed by atoms with Crippen molar-refractivity contribution in [1.82, 2.24) is 9.80 Å². The summed E-state index contributed by atoms with van der Waals surface area (Å²) in [6, 6.07) is 7.61. The topological polar surface area (TPSA) is 64.0 Å². The molecule has 0 aromatic heterocycles. The first-order chi connectivity index (χ1) is 12.2. The van der Waals surface area contributed by atoms with E-state index >= 15 is 0 Å². The summed E-state index contributed by atoms with van der Waals surface area (Å²) in [6.07, 6.45) is 2.53. The van der Waals surface area contributed by atoms with Gasteiger partial charge in [-0.15, -0.1) is 11.8 Å². The van der Waals surface area contributed by atoms with Crippen molar-refractivity contribution in [3.8, 4) is 0 Å². The molecular weight excluding hydrogens is 336 g/mol. The average Bonchev–Trinajstić information content (AvgIpc) is 3.30. The molecule has 0 saturated carbocycles. The number of likely N-dealkylation sites (tertiary alicyclic amines) is 2. The molecule has 2 aliphatic rings. The number of hydrogen-bond donors (Lipinski definition) is 2. The lowest BCUT2D eigenvalue weighted by atomic mass is 9.96. The van der Waals surface area contributed by atoms with Crippen LogP contribution >= 0.6 is 11.8 Å². The first-order valence-corrected chi connectivity index (χ1v) is 10.2. The highest BCUT2D eigenvalue weighted by Crippen LogP contribution is 2.27. The number of nitrogens with zero attached hydrogens (tertiary/aromatic N) is 2. The van der Waals surface area contributed by atoms with Crippen LogP contribution in [0, 0.1) is 11.8 Å². The Labute approximate surface area is 154 Å². The number of aliphatic hydroxyl groups is 2. The first-order valence-electron chi connectivity index (χ1n) is 9.17. The molecule has 2 aliphatic heterocycles. The predicted molar refractivity (Wildman–Crippen MR) is 99.9 cm³/mol. The Kier molecular flexibility index (Phi) is 6.76. The minimum absolute atomic E-state index is 0.0566. The van der Waals surface area contributed by atoms with Crippen LogP contribution in [-0.2, 0) is 0 Å².